The fourth-order valence-corrected chi connectivity index (χ4v) is 2.07. The fourth-order valence-electron chi connectivity index (χ4n) is 2.07. The average molecular weight is 251 g/mol. The molecule has 0 aliphatic carbocycles. The molecule has 0 heterocycles. The second-order valence-corrected chi connectivity index (χ2v) is 4.17. The summed E-state index contributed by atoms with van der Waals surface area (Å²) in [5, 5.41) is 0. The van der Waals surface area contributed by atoms with Gasteiger partial charge in [0.15, 0.2) is 0 Å². The largest absolute Gasteiger partial charge is 0.272 e. The highest BCUT2D eigenvalue weighted by Crippen LogP contribution is 2.28. The first-order valence-corrected chi connectivity index (χ1v) is 6.02. The van der Waals surface area contributed by atoms with Gasteiger partial charge in [0, 0.05) is 12.3 Å². The molecule has 0 N–H and O–H groups in total. The zero-order chi connectivity index (χ0) is 13.5. The van der Waals surface area contributed by atoms with Crippen LogP contribution in [0.5, 0.6) is 0 Å². The van der Waals surface area contributed by atoms with Crippen molar-refractivity contribution in [1.29, 1.82) is 0 Å². The molecule has 0 aromatic heterocycles. The third kappa shape index (κ3) is 3.47. The van der Waals surface area contributed by atoms with Crippen LogP contribution >= 0.6 is 0 Å². The highest BCUT2D eigenvalue weighted by Gasteiger charge is 2.17. The van der Waals surface area contributed by atoms with Crippen LogP contribution in [-0.4, -0.2) is 12.0 Å². The van der Waals surface area contributed by atoms with Crippen LogP contribution < -0.4 is 0 Å². The Morgan fingerprint density at radius 3 is 1.84 bits per heavy atom. The van der Waals surface area contributed by atoms with E-state index in [0.29, 0.717) is 0 Å². The van der Waals surface area contributed by atoms with E-state index in [1.807, 2.05) is 60.7 Å². The lowest BCUT2D eigenvalue weighted by Crippen LogP contribution is -2.06. The number of benzene rings is 2. The molecule has 94 valence electrons. The minimum Gasteiger partial charge on any atom is -0.272 e. The van der Waals surface area contributed by atoms with Crippen LogP contribution in [0.3, 0.4) is 0 Å². The molecular weight excluding hydrogens is 238 g/mol. The van der Waals surface area contributed by atoms with E-state index in [-0.39, 0.29) is 12.3 Å². The predicted molar refractivity (Wildman–Crippen MR) is 72.5 cm³/mol. The summed E-state index contributed by atoms with van der Waals surface area (Å²) in [5.74, 6) is -0.542. The number of isocyanates is 1. The van der Waals surface area contributed by atoms with Crippen LogP contribution in [0.15, 0.2) is 65.7 Å². The SMILES string of the molecule is O=C=NC(=O)CC(c1ccccc1)c1ccccc1. The lowest BCUT2D eigenvalue weighted by molar-refractivity contribution is -0.117. The number of aliphatic imine (C=N–C) groups is 1. The van der Waals surface area contributed by atoms with E-state index in [1.54, 1.807) is 0 Å². The first kappa shape index (κ1) is 12.9. The molecule has 0 radical (unpaired) electrons. The lowest BCUT2D eigenvalue weighted by Gasteiger charge is -2.15. The predicted octanol–water partition coefficient (Wildman–Crippen LogP) is 3.07. The molecule has 3 heteroatoms. The molecule has 0 saturated carbocycles. The summed E-state index contributed by atoms with van der Waals surface area (Å²) in [5.41, 5.74) is 2.06. The second-order valence-electron chi connectivity index (χ2n) is 4.17. The fraction of sp³-hybridized carbons (Fsp3) is 0.125. The van der Waals surface area contributed by atoms with Crippen LogP contribution in [0.25, 0.3) is 0 Å². The molecule has 0 spiro atoms. The molecule has 0 atom stereocenters. The van der Waals surface area contributed by atoms with Gasteiger partial charge in [-0.3, -0.25) is 4.79 Å². The second kappa shape index (κ2) is 6.43. The Kier molecular flexibility index (Phi) is 4.38. The van der Waals surface area contributed by atoms with Gasteiger partial charge >= 0.3 is 0 Å². The lowest BCUT2D eigenvalue weighted by atomic mass is 9.88. The van der Waals surface area contributed by atoms with Gasteiger partial charge in [-0.05, 0) is 11.1 Å². The maximum atomic E-state index is 11.6. The maximum absolute atomic E-state index is 11.6. The molecule has 0 aliphatic rings. The van der Waals surface area contributed by atoms with Crippen molar-refractivity contribution in [3.05, 3.63) is 71.8 Å². The van der Waals surface area contributed by atoms with Crippen LogP contribution in [0.1, 0.15) is 23.5 Å². The first-order valence-electron chi connectivity index (χ1n) is 6.02. The topological polar surface area (TPSA) is 46.5 Å². The number of carbonyl (C=O) groups excluding carboxylic acids is 2. The van der Waals surface area contributed by atoms with Crippen LogP contribution in [0, 0.1) is 0 Å². The molecule has 0 saturated heterocycles. The van der Waals surface area contributed by atoms with Crippen molar-refractivity contribution in [2.24, 2.45) is 4.99 Å². The molecule has 3 nitrogen and oxygen atoms in total. The van der Waals surface area contributed by atoms with E-state index in [9.17, 15) is 9.59 Å². The molecule has 19 heavy (non-hydrogen) atoms. The minimum atomic E-state index is -0.451. The number of hydrogen-bond donors (Lipinski definition) is 0. The number of hydrogen-bond acceptors (Lipinski definition) is 2. The van der Waals surface area contributed by atoms with Gasteiger partial charge in [0.1, 0.15) is 0 Å². The summed E-state index contributed by atoms with van der Waals surface area (Å²) in [4.78, 5) is 24.9. The monoisotopic (exact) mass is 251 g/mol. The van der Waals surface area contributed by atoms with E-state index in [4.69, 9.17) is 0 Å². The number of amides is 1. The minimum absolute atomic E-state index is 0.0907. The molecule has 0 unspecified atom stereocenters. The molecule has 2 aromatic carbocycles. The van der Waals surface area contributed by atoms with Gasteiger partial charge in [0.05, 0.1) is 0 Å². The number of rotatable bonds is 4. The van der Waals surface area contributed by atoms with Crippen molar-refractivity contribution in [2.45, 2.75) is 12.3 Å². The maximum Gasteiger partial charge on any atom is 0.257 e. The van der Waals surface area contributed by atoms with Gasteiger partial charge < -0.3 is 0 Å². The summed E-state index contributed by atoms with van der Waals surface area (Å²) in [6.07, 6.45) is 1.47. The molecule has 0 fully saturated rings. The highest BCUT2D eigenvalue weighted by molar-refractivity contribution is 5.82. The van der Waals surface area contributed by atoms with Crippen molar-refractivity contribution in [2.75, 3.05) is 0 Å². The summed E-state index contributed by atoms with van der Waals surface area (Å²) in [6, 6.07) is 19.4. The Hall–Kier alpha value is -2.51. The Labute approximate surface area is 111 Å². The third-order valence-electron chi connectivity index (χ3n) is 2.95. The molecule has 0 bridgehead atoms. The van der Waals surface area contributed by atoms with Crippen molar-refractivity contribution in [3.8, 4) is 0 Å². The summed E-state index contributed by atoms with van der Waals surface area (Å²) < 4.78 is 0. The van der Waals surface area contributed by atoms with Gasteiger partial charge in [-0.25, -0.2) is 4.79 Å². The summed E-state index contributed by atoms with van der Waals surface area (Å²) in [6.45, 7) is 0. The van der Waals surface area contributed by atoms with Crippen molar-refractivity contribution in [3.63, 3.8) is 0 Å². The summed E-state index contributed by atoms with van der Waals surface area (Å²) in [7, 11) is 0. The third-order valence-corrected chi connectivity index (χ3v) is 2.95. The van der Waals surface area contributed by atoms with Crippen molar-refractivity contribution >= 4 is 12.0 Å². The Morgan fingerprint density at radius 2 is 1.42 bits per heavy atom. The highest BCUT2D eigenvalue weighted by atomic mass is 16.2. The van der Waals surface area contributed by atoms with Crippen LogP contribution in [0.4, 0.5) is 0 Å². The van der Waals surface area contributed by atoms with Crippen molar-refractivity contribution in [1.82, 2.24) is 0 Å². The van der Waals surface area contributed by atoms with Crippen LogP contribution in [-0.2, 0) is 9.59 Å². The van der Waals surface area contributed by atoms with Gasteiger partial charge in [0.2, 0.25) is 6.08 Å². The quantitative estimate of drug-likeness (QED) is 0.619. The first-order chi connectivity index (χ1) is 9.31. The van der Waals surface area contributed by atoms with Gasteiger partial charge in [-0.2, -0.15) is 0 Å². The van der Waals surface area contributed by atoms with E-state index in [0.717, 1.165) is 11.1 Å². The summed E-state index contributed by atoms with van der Waals surface area (Å²) >= 11 is 0. The Morgan fingerprint density at radius 1 is 0.947 bits per heavy atom. The Bertz CT molecular complexity index is 547. The molecule has 2 rings (SSSR count). The zero-order valence-electron chi connectivity index (χ0n) is 10.3. The van der Waals surface area contributed by atoms with E-state index in [2.05, 4.69) is 4.99 Å². The molecule has 1 amide bonds. The van der Waals surface area contributed by atoms with E-state index in [1.165, 1.54) is 6.08 Å². The smallest absolute Gasteiger partial charge is 0.257 e. The standard InChI is InChI=1S/C16H13NO2/c18-12-17-16(19)11-15(13-7-3-1-4-8-13)14-9-5-2-6-10-14/h1-10,15H,11H2. The van der Waals surface area contributed by atoms with Crippen molar-refractivity contribution < 1.29 is 9.59 Å². The number of nitrogens with zero attached hydrogens (tertiary/aromatic N) is 1. The zero-order valence-corrected chi connectivity index (χ0v) is 10.3. The number of carbonyl (C=O) groups is 1. The molecule has 2 aromatic rings. The van der Waals surface area contributed by atoms with E-state index < -0.39 is 5.91 Å². The Balaban J connectivity index is 2.34. The van der Waals surface area contributed by atoms with Gasteiger partial charge in [-0.15, -0.1) is 4.99 Å². The van der Waals surface area contributed by atoms with Crippen LogP contribution in [0.2, 0.25) is 0 Å². The van der Waals surface area contributed by atoms with Gasteiger partial charge in [-0.1, -0.05) is 60.7 Å². The normalized spacial score (nSPS) is 9.95. The molecule has 0 aliphatic heterocycles. The average Bonchev–Trinajstić information content (AvgIpc) is 2.47. The van der Waals surface area contributed by atoms with Gasteiger partial charge in [0.25, 0.3) is 5.91 Å². The van der Waals surface area contributed by atoms with E-state index >= 15 is 0 Å². The molecular formula is C16H13NO2.